The van der Waals surface area contributed by atoms with Gasteiger partial charge in [0.1, 0.15) is 5.97 Å². The van der Waals surface area contributed by atoms with Crippen LogP contribution < -0.4 is 5.56 Å². The van der Waals surface area contributed by atoms with Crippen molar-refractivity contribution in [3.05, 3.63) is 27.3 Å². The third kappa shape index (κ3) is 1.16. The first-order chi connectivity index (χ1) is 4.61. The summed E-state index contributed by atoms with van der Waals surface area (Å²) in [6.45, 7) is 0. The Morgan fingerprint density at radius 3 is 3.38 bits per heavy atom. The van der Waals surface area contributed by atoms with Crippen LogP contribution in [0.1, 0.15) is 2.74 Å². The van der Waals surface area contributed by atoms with Gasteiger partial charge in [-0.2, -0.15) is 0 Å². The summed E-state index contributed by atoms with van der Waals surface area (Å²) < 4.78 is 14.0. The molecule has 42 valence electrons. The number of halogens is 1. The van der Waals surface area contributed by atoms with Crippen LogP contribution in [-0.4, -0.2) is 9.97 Å². The van der Waals surface area contributed by atoms with Crippen LogP contribution in [0.3, 0.4) is 0 Å². The lowest BCUT2D eigenvalue weighted by atomic mass is 10.7. The number of H-pyrrole nitrogens is 1. The Bertz CT molecular complexity index is 311. The molecule has 0 saturated heterocycles. The average molecular weight is 177 g/mol. The van der Waals surface area contributed by atoms with Crippen LogP contribution >= 0.6 is 15.9 Å². The molecule has 0 radical (unpaired) electrons. The minimum atomic E-state index is -0.605. The van der Waals surface area contributed by atoms with Gasteiger partial charge in [0.2, 0.25) is 0 Å². The van der Waals surface area contributed by atoms with Gasteiger partial charge in [0.25, 0.3) is 5.56 Å². The molecular weight excluding hydrogens is 172 g/mol. The van der Waals surface area contributed by atoms with Gasteiger partial charge in [0.15, 0.2) is 0 Å². The second kappa shape index (κ2) is 2.09. The highest BCUT2D eigenvalue weighted by molar-refractivity contribution is 9.10. The maximum atomic E-state index is 10.6. The highest BCUT2D eigenvalue weighted by atomic mass is 79.9. The highest BCUT2D eigenvalue weighted by Crippen LogP contribution is 1.95. The van der Waals surface area contributed by atoms with Crippen molar-refractivity contribution in [2.45, 2.75) is 0 Å². The molecule has 1 heterocycles. The van der Waals surface area contributed by atoms with E-state index in [0.29, 0.717) is 0 Å². The number of nitrogens with one attached hydrogen (secondary N) is 1. The summed E-state index contributed by atoms with van der Waals surface area (Å²) in [6.07, 6.45) is -0.243. The Balaban J connectivity index is 3.46. The first-order valence-electron chi connectivity index (χ1n) is 2.84. The molecule has 0 spiro atoms. The molecular formula is C4H3BrN2O. The van der Waals surface area contributed by atoms with Gasteiger partial charge in [-0.15, -0.1) is 0 Å². The van der Waals surface area contributed by atoms with Gasteiger partial charge in [-0.1, -0.05) is 0 Å². The molecule has 0 bridgehead atoms. The number of aromatic nitrogens is 2. The van der Waals surface area contributed by atoms with Crippen molar-refractivity contribution < 1.29 is 2.74 Å². The summed E-state index contributed by atoms with van der Waals surface area (Å²) >= 11 is 2.86. The lowest BCUT2D eigenvalue weighted by Crippen LogP contribution is -2.02. The lowest BCUT2D eigenvalue weighted by molar-refractivity contribution is 1.09. The largest absolute Gasteiger partial charge is 0.313 e. The molecule has 1 aromatic heterocycles. The van der Waals surface area contributed by atoms with Crippen molar-refractivity contribution in [3.63, 3.8) is 0 Å². The molecule has 1 aromatic rings. The highest BCUT2D eigenvalue weighted by Gasteiger charge is 1.83. The van der Waals surface area contributed by atoms with E-state index >= 15 is 0 Å². The smallest absolute Gasteiger partial charge is 0.251 e. The van der Waals surface area contributed by atoms with Gasteiger partial charge in [0.05, 0.1) is 7.67 Å². The fourth-order valence-electron chi connectivity index (χ4n) is 0.281. The Morgan fingerprint density at radius 2 is 2.75 bits per heavy atom. The summed E-state index contributed by atoms with van der Waals surface area (Å²) in [5, 5.41) is 0. The third-order valence-corrected chi connectivity index (χ3v) is 0.916. The molecule has 0 saturated carbocycles. The van der Waals surface area contributed by atoms with Crippen molar-refractivity contribution >= 4 is 15.9 Å². The lowest BCUT2D eigenvalue weighted by Gasteiger charge is -1.81. The number of aromatic amines is 1. The van der Waals surface area contributed by atoms with Crippen molar-refractivity contribution in [2.24, 2.45) is 0 Å². The maximum absolute atomic E-state index is 10.6. The van der Waals surface area contributed by atoms with E-state index in [1.54, 1.807) is 0 Å². The predicted molar refractivity (Wildman–Crippen MR) is 32.6 cm³/mol. The van der Waals surface area contributed by atoms with E-state index in [2.05, 4.69) is 25.9 Å². The van der Waals surface area contributed by atoms with Crippen LogP contribution in [0, 0.1) is 0 Å². The van der Waals surface area contributed by atoms with Crippen LogP contribution in [0.2, 0.25) is 0 Å². The van der Waals surface area contributed by atoms with Crippen LogP contribution in [-0.2, 0) is 0 Å². The maximum Gasteiger partial charge on any atom is 0.251 e. The molecule has 0 aromatic carbocycles. The van der Waals surface area contributed by atoms with E-state index in [-0.39, 0.29) is 16.9 Å². The summed E-state index contributed by atoms with van der Waals surface area (Å²) in [4.78, 5) is 16.2. The molecule has 0 aliphatic heterocycles. The molecule has 1 rings (SSSR count). The molecule has 8 heavy (non-hydrogen) atoms. The van der Waals surface area contributed by atoms with E-state index < -0.39 is 5.56 Å². The molecule has 0 fully saturated rings. The zero-order valence-electron chi connectivity index (χ0n) is 5.73. The van der Waals surface area contributed by atoms with Crippen molar-refractivity contribution in [3.8, 4) is 0 Å². The summed E-state index contributed by atoms with van der Waals surface area (Å²) in [6, 6.07) is -0.254. The van der Waals surface area contributed by atoms with Crippen LogP contribution in [0.15, 0.2) is 21.7 Å². The Kier molecular flexibility index (Phi) is 0.886. The fourth-order valence-corrected chi connectivity index (χ4v) is 0.549. The standard InChI is InChI=1S/C4H3BrN2O/c5-3-1-4(8)7-2-6-3/h1-2H,(H,6,7,8)/i1D,2D. The van der Waals surface area contributed by atoms with Gasteiger partial charge in [-0.3, -0.25) is 4.79 Å². The number of nitrogens with zero attached hydrogens (tertiary/aromatic N) is 1. The Hall–Kier alpha value is -0.640. The van der Waals surface area contributed by atoms with E-state index in [4.69, 9.17) is 2.74 Å². The van der Waals surface area contributed by atoms with Crippen LogP contribution in [0.25, 0.3) is 0 Å². The minimum Gasteiger partial charge on any atom is -0.313 e. The number of rotatable bonds is 0. The van der Waals surface area contributed by atoms with E-state index in [1.807, 2.05) is 0 Å². The predicted octanol–water partition coefficient (Wildman–Crippen LogP) is 0.532. The molecule has 1 N–H and O–H groups in total. The van der Waals surface area contributed by atoms with Crippen molar-refractivity contribution in [2.75, 3.05) is 0 Å². The topological polar surface area (TPSA) is 45.8 Å². The summed E-state index contributed by atoms with van der Waals surface area (Å²) in [7, 11) is 0. The van der Waals surface area contributed by atoms with E-state index in [1.165, 1.54) is 0 Å². The average Bonchev–Trinajstić information content (AvgIpc) is 1.82. The molecule has 0 aliphatic rings. The quantitative estimate of drug-likeness (QED) is 0.587. The van der Waals surface area contributed by atoms with Gasteiger partial charge in [-0.25, -0.2) is 4.98 Å². The SMILES string of the molecule is [2H]c1nc(Br)c([2H])c(=O)[nH]1. The molecule has 0 atom stereocenters. The van der Waals surface area contributed by atoms with Crippen molar-refractivity contribution in [1.29, 1.82) is 0 Å². The Morgan fingerprint density at radius 1 is 2.00 bits per heavy atom. The van der Waals surface area contributed by atoms with Gasteiger partial charge in [-0.05, 0) is 15.9 Å². The van der Waals surface area contributed by atoms with Crippen LogP contribution in [0.5, 0.6) is 0 Å². The first kappa shape index (κ1) is 3.40. The molecule has 0 amide bonds. The second-order valence-corrected chi connectivity index (χ2v) is 1.84. The number of hydrogen-bond donors (Lipinski definition) is 1. The first-order valence-corrected chi connectivity index (χ1v) is 2.63. The van der Waals surface area contributed by atoms with E-state index in [9.17, 15) is 4.79 Å². The monoisotopic (exact) mass is 176 g/mol. The zero-order chi connectivity index (χ0) is 7.72. The minimum absolute atomic E-state index is 0.0984. The Labute approximate surface area is 56.7 Å². The second-order valence-electron chi connectivity index (χ2n) is 1.09. The molecule has 0 unspecified atom stereocenters. The summed E-state index contributed by atoms with van der Waals surface area (Å²) in [5.41, 5.74) is -0.605. The normalized spacial score (nSPS) is 12.6. The zero-order valence-corrected chi connectivity index (χ0v) is 5.32. The molecule has 3 nitrogen and oxygen atoms in total. The van der Waals surface area contributed by atoms with Gasteiger partial charge >= 0.3 is 0 Å². The van der Waals surface area contributed by atoms with Crippen molar-refractivity contribution in [1.82, 2.24) is 9.97 Å². The third-order valence-electron chi connectivity index (χ3n) is 0.540. The van der Waals surface area contributed by atoms with Gasteiger partial charge < -0.3 is 4.98 Å². The van der Waals surface area contributed by atoms with E-state index in [0.717, 1.165) is 0 Å². The van der Waals surface area contributed by atoms with Crippen LogP contribution in [0.4, 0.5) is 0 Å². The summed E-state index contributed by atoms with van der Waals surface area (Å²) in [5.74, 6) is 0. The van der Waals surface area contributed by atoms with Gasteiger partial charge in [0, 0.05) is 6.04 Å². The number of hydrogen-bond acceptors (Lipinski definition) is 2. The molecule has 4 heteroatoms. The molecule has 0 aliphatic carbocycles. The fraction of sp³-hybridized carbons (Fsp3) is 0.